The van der Waals surface area contributed by atoms with Crippen LogP contribution in [0.15, 0.2) is 53.6 Å². The maximum atomic E-state index is 12.9. The number of anilines is 1. The Balaban J connectivity index is 2.33. The van der Waals surface area contributed by atoms with Crippen LogP contribution in [0.5, 0.6) is 5.75 Å². The summed E-state index contributed by atoms with van der Waals surface area (Å²) in [7, 11) is 1.57. The zero-order chi connectivity index (χ0) is 15.2. The second-order valence-electron chi connectivity index (χ2n) is 4.20. The van der Waals surface area contributed by atoms with Gasteiger partial charge in [0.05, 0.1) is 12.8 Å². The molecular weight excluding hydrogens is 271 g/mol. The molecule has 0 aliphatic heterocycles. The number of hydrogen-bond donors (Lipinski definition) is 0. The number of hydrazone groups is 1. The van der Waals surface area contributed by atoms with Crippen LogP contribution in [0.1, 0.15) is 17.3 Å². The molecule has 0 aliphatic rings. The van der Waals surface area contributed by atoms with E-state index in [0.29, 0.717) is 17.0 Å². The van der Waals surface area contributed by atoms with Gasteiger partial charge in [-0.15, -0.1) is 0 Å². The van der Waals surface area contributed by atoms with Crippen molar-refractivity contribution in [3.63, 3.8) is 0 Å². The fourth-order valence-corrected chi connectivity index (χ4v) is 1.79. The summed E-state index contributed by atoms with van der Waals surface area (Å²) < 4.78 is 18.0. The highest BCUT2D eigenvalue weighted by atomic mass is 19.1. The van der Waals surface area contributed by atoms with E-state index in [1.54, 1.807) is 38.3 Å². The largest absolute Gasteiger partial charge is 0.497 e. The molecule has 5 heteroatoms. The van der Waals surface area contributed by atoms with E-state index in [0.717, 1.165) is 0 Å². The molecule has 0 N–H and O–H groups in total. The smallest absolute Gasteiger partial charge is 0.278 e. The summed E-state index contributed by atoms with van der Waals surface area (Å²) in [5, 5.41) is 5.33. The molecule has 4 nitrogen and oxygen atoms in total. The summed E-state index contributed by atoms with van der Waals surface area (Å²) in [6.45, 7) is 1.72. The predicted molar refractivity (Wildman–Crippen MR) is 80.4 cm³/mol. The van der Waals surface area contributed by atoms with Crippen molar-refractivity contribution >= 4 is 17.8 Å². The van der Waals surface area contributed by atoms with Crippen molar-refractivity contribution in [2.45, 2.75) is 6.92 Å². The first kappa shape index (κ1) is 14.7. The molecule has 0 aromatic heterocycles. The van der Waals surface area contributed by atoms with Gasteiger partial charge in [-0.05, 0) is 55.5 Å². The van der Waals surface area contributed by atoms with Gasteiger partial charge in [0, 0.05) is 11.8 Å². The molecule has 21 heavy (non-hydrogen) atoms. The topological polar surface area (TPSA) is 41.9 Å². The third kappa shape index (κ3) is 3.45. The normalized spacial score (nSPS) is 10.6. The fraction of sp³-hybridized carbons (Fsp3) is 0.125. The Labute approximate surface area is 122 Å². The average molecular weight is 286 g/mol. The van der Waals surface area contributed by atoms with Crippen molar-refractivity contribution in [1.82, 2.24) is 0 Å². The number of hydrogen-bond acceptors (Lipinski definition) is 3. The first-order valence-electron chi connectivity index (χ1n) is 6.38. The third-order valence-corrected chi connectivity index (χ3v) is 2.83. The summed E-state index contributed by atoms with van der Waals surface area (Å²) in [5.41, 5.74) is 0.959. The molecule has 0 saturated carbocycles. The van der Waals surface area contributed by atoms with Gasteiger partial charge in [0.1, 0.15) is 11.6 Å². The molecule has 108 valence electrons. The Morgan fingerprint density at radius 3 is 2.29 bits per heavy atom. The van der Waals surface area contributed by atoms with E-state index in [9.17, 15) is 9.18 Å². The van der Waals surface area contributed by atoms with Crippen molar-refractivity contribution in [2.24, 2.45) is 5.10 Å². The fourth-order valence-electron chi connectivity index (χ4n) is 1.79. The second kappa shape index (κ2) is 6.65. The van der Waals surface area contributed by atoms with Crippen molar-refractivity contribution in [2.75, 3.05) is 12.1 Å². The Hall–Kier alpha value is -2.69. The average Bonchev–Trinajstić information content (AvgIpc) is 2.53. The lowest BCUT2D eigenvalue weighted by atomic mass is 10.2. The lowest BCUT2D eigenvalue weighted by Crippen LogP contribution is -2.25. The first-order valence-corrected chi connectivity index (χ1v) is 6.38. The van der Waals surface area contributed by atoms with Gasteiger partial charge in [-0.25, -0.2) is 4.39 Å². The van der Waals surface area contributed by atoms with Gasteiger partial charge in [0.2, 0.25) is 0 Å². The van der Waals surface area contributed by atoms with Crippen LogP contribution in [0.3, 0.4) is 0 Å². The predicted octanol–water partition coefficient (Wildman–Crippen LogP) is 3.49. The van der Waals surface area contributed by atoms with E-state index in [1.165, 1.54) is 35.5 Å². The molecule has 0 unspecified atom stereocenters. The molecule has 0 radical (unpaired) electrons. The Morgan fingerprint density at radius 2 is 1.76 bits per heavy atom. The number of rotatable bonds is 4. The van der Waals surface area contributed by atoms with Gasteiger partial charge in [-0.2, -0.15) is 10.1 Å². The van der Waals surface area contributed by atoms with Crippen LogP contribution in [-0.4, -0.2) is 19.2 Å². The molecule has 0 fully saturated rings. The SMILES string of the molecule is C/C=N/N(C(=O)c1ccc(F)cc1)c1ccc(OC)cc1. The van der Waals surface area contributed by atoms with Crippen LogP contribution >= 0.6 is 0 Å². The molecule has 2 rings (SSSR count). The van der Waals surface area contributed by atoms with Gasteiger partial charge in [0.25, 0.3) is 5.91 Å². The summed E-state index contributed by atoms with van der Waals surface area (Å²) in [4.78, 5) is 12.5. The second-order valence-corrected chi connectivity index (χ2v) is 4.20. The molecule has 0 bridgehead atoms. The zero-order valence-electron chi connectivity index (χ0n) is 11.8. The minimum Gasteiger partial charge on any atom is -0.497 e. The number of ether oxygens (including phenoxy) is 1. The third-order valence-electron chi connectivity index (χ3n) is 2.83. The molecule has 2 aromatic rings. The van der Waals surface area contributed by atoms with Crippen molar-refractivity contribution < 1.29 is 13.9 Å². The number of halogens is 1. The summed E-state index contributed by atoms with van der Waals surface area (Å²) in [6.07, 6.45) is 1.52. The van der Waals surface area contributed by atoms with Gasteiger partial charge >= 0.3 is 0 Å². The minimum absolute atomic E-state index is 0.335. The molecule has 0 spiro atoms. The quantitative estimate of drug-likeness (QED) is 0.638. The molecule has 0 aliphatic carbocycles. The molecule has 2 aromatic carbocycles. The molecular formula is C16H15FN2O2. The number of nitrogens with zero attached hydrogens (tertiary/aromatic N) is 2. The zero-order valence-corrected chi connectivity index (χ0v) is 11.8. The van der Waals surface area contributed by atoms with Gasteiger partial charge in [-0.3, -0.25) is 4.79 Å². The Kier molecular flexibility index (Phi) is 4.66. The van der Waals surface area contributed by atoms with E-state index < -0.39 is 0 Å². The van der Waals surface area contributed by atoms with Crippen LogP contribution in [0.2, 0.25) is 0 Å². The van der Waals surface area contributed by atoms with Crippen LogP contribution in [0, 0.1) is 5.82 Å². The van der Waals surface area contributed by atoms with Crippen molar-refractivity contribution in [1.29, 1.82) is 0 Å². The van der Waals surface area contributed by atoms with Gasteiger partial charge in [0.15, 0.2) is 0 Å². The van der Waals surface area contributed by atoms with E-state index in [-0.39, 0.29) is 11.7 Å². The van der Waals surface area contributed by atoms with Crippen LogP contribution in [-0.2, 0) is 0 Å². The summed E-state index contributed by atoms with van der Waals surface area (Å²) >= 11 is 0. The van der Waals surface area contributed by atoms with Gasteiger partial charge in [-0.1, -0.05) is 0 Å². The lowest BCUT2D eigenvalue weighted by Gasteiger charge is -2.17. The van der Waals surface area contributed by atoms with E-state index in [4.69, 9.17) is 4.74 Å². The highest BCUT2D eigenvalue weighted by Gasteiger charge is 2.16. The van der Waals surface area contributed by atoms with E-state index in [2.05, 4.69) is 5.10 Å². The van der Waals surface area contributed by atoms with Crippen molar-refractivity contribution in [3.8, 4) is 5.75 Å². The van der Waals surface area contributed by atoms with E-state index >= 15 is 0 Å². The maximum Gasteiger partial charge on any atom is 0.278 e. The number of amides is 1. The number of methoxy groups -OCH3 is 1. The van der Waals surface area contributed by atoms with Crippen molar-refractivity contribution in [3.05, 3.63) is 59.9 Å². The maximum absolute atomic E-state index is 12.9. The number of carbonyl (C=O) groups is 1. The number of benzene rings is 2. The first-order chi connectivity index (χ1) is 10.2. The standard InChI is InChI=1S/C16H15FN2O2/c1-3-18-19(14-8-10-15(21-2)11-9-14)16(20)12-4-6-13(17)7-5-12/h3-11H,1-2H3/b18-3+. The highest BCUT2D eigenvalue weighted by molar-refractivity contribution is 6.06. The molecule has 0 atom stereocenters. The monoisotopic (exact) mass is 286 g/mol. The Morgan fingerprint density at radius 1 is 1.14 bits per heavy atom. The van der Waals surface area contributed by atoms with E-state index in [1.807, 2.05) is 0 Å². The Bertz CT molecular complexity index is 636. The minimum atomic E-state index is -0.387. The molecule has 1 amide bonds. The molecule has 0 heterocycles. The summed E-state index contributed by atoms with van der Waals surface area (Å²) in [6, 6.07) is 12.3. The lowest BCUT2D eigenvalue weighted by molar-refractivity contribution is 0.0987. The van der Waals surface area contributed by atoms with Crippen LogP contribution in [0.25, 0.3) is 0 Å². The highest BCUT2D eigenvalue weighted by Crippen LogP contribution is 2.21. The summed E-state index contributed by atoms with van der Waals surface area (Å²) in [5.74, 6) is -0.0341. The van der Waals surface area contributed by atoms with Crippen LogP contribution < -0.4 is 9.75 Å². The number of carbonyl (C=O) groups excluding carboxylic acids is 1. The molecule has 0 saturated heterocycles. The van der Waals surface area contributed by atoms with Gasteiger partial charge < -0.3 is 4.74 Å². The van der Waals surface area contributed by atoms with Crippen LogP contribution in [0.4, 0.5) is 10.1 Å².